The molecule has 5 heterocycles. The average Bonchev–Trinajstić information content (AvgIpc) is 3.69. The molecule has 8 nitrogen and oxygen atoms in total. The van der Waals surface area contributed by atoms with E-state index < -0.39 is 5.54 Å². The number of aromatic nitrogens is 1. The fraction of sp³-hybridized carbons (Fsp3) is 0.548. The molecule has 39 heavy (non-hydrogen) atoms. The smallest absolute Gasteiger partial charge is 0.232 e. The fourth-order valence-electron chi connectivity index (χ4n) is 6.91. The van der Waals surface area contributed by atoms with Gasteiger partial charge >= 0.3 is 0 Å². The molecule has 7 rings (SSSR count). The summed E-state index contributed by atoms with van der Waals surface area (Å²) in [7, 11) is 0. The molecule has 5 atom stereocenters. The van der Waals surface area contributed by atoms with Crippen molar-refractivity contribution in [1.29, 1.82) is 0 Å². The van der Waals surface area contributed by atoms with Crippen LogP contribution in [0.2, 0.25) is 0 Å². The lowest BCUT2D eigenvalue weighted by Crippen LogP contribution is -2.53. The first kappa shape index (κ1) is 25.8. The third-order valence-electron chi connectivity index (χ3n) is 9.10. The summed E-state index contributed by atoms with van der Waals surface area (Å²) in [6, 6.07) is 9.74. The number of aliphatic imine (C=N–C) groups is 1. The standard InChI is InChI=1S/C31H39N5O3/c1-4-31-12-6-5-8-19-10-11-25-23(14-19)24(16-30(2,3)39-25)34-28(38)22-15-21(22)27(20-9-7-13-33-18-20)36(26(37)17-31)29(32)35-31/h7,9-11,13-14,18,21-22,24,27H,4-6,8,12,15-17H2,1-3H3,(H2,32,35)(H,34,38)/t21-,22-,24-,27?,31+/m0/s1. The van der Waals surface area contributed by atoms with Crippen LogP contribution in [0.1, 0.15) is 94.5 Å². The number of carbonyl (C=O) groups is 2. The number of amides is 2. The van der Waals surface area contributed by atoms with Gasteiger partial charge in [-0.3, -0.25) is 19.5 Å². The fourth-order valence-corrected chi connectivity index (χ4v) is 6.91. The zero-order valence-corrected chi connectivity index (χ0v) is 23.2. The highest BCUT2D eigenvalue weighted by atomic mass is 16.5. The van der Waals surface area contributed by atoms with Crippen LogP contribution in [0.5, 0.6) is 5.75 Å². The number of pyridine rings is 1. The van der Waals surface area contributed by atoms with E-state index in [1.807, 2.05) is 12.1 Å². The Morgan fingerprint density at radius 2 is 2.05 bits per heavy atom. The quantitative estimate of drug-likeness (QED) is 0.591. The number of fused-ring (bicyclic) bond motifs is 5. The van der Waals surface area contributed by atoms with Gasteiger partial charge in [-0.25, -0.2) is 4.99 Å². The molecule has 1 aromatic carbocycles. The Morgan fingerprint density at radius 1 is 1.21 bits per heavy atom. The van der Waals surface area contributed by atoms with Crippen LogP contribution < -0.4 is 15.8 Å². The zero-order valence-electron chi connectivity index (χ0n) is 23.2. The monoisotopic (exact) mass is 529 g/mol. The number of ether oxygens (including phenoxy) is 1. The normalized spacial score (nSPS) is 31.9. The summed E-state index contributed by atoms with van der Waals surface area (Å²) >= 11 is 0. The van der Waals surface area contributed by atoms with Gasteiger partial charge in [-0.1, -0.05) is 31.5 Å². The number of benzene rings is 1. The Hall–Kier alpha value is -3.42. The van der Waals surface area contributed by atoms with Crippen molar-refractivity contribution in [3.05, 3.63) is 59.4 Å². The Kier molecular flexibility index (Phi) is 6.39. The molecule has 1 aliphatic carbocycles. The van der Waals surface area contributed by atoms with Crippen molar-refractivity contribution >= 4 is 17.8 Å². The van der Waals surface area contributed by atoms with Crippen molar-refractivity contribution in [3.8, 4) is 5.75 Å². The Bertz CT molecular complexity index is 1310. The van der Waals surface area contributed by atoms with Crippen molar-refractivity contribution < 1.29 is 14.3 Å². The van der Waals surface area contributed by atoms with Gasteiger partial charge in [-0.15, -0.1) is 0 Å². The van der Waals surface area contributed by atoms with Crippen molar-refractivity contribution in [2.45, 2.75) is 95.4 Å². The summed E-state index contributed by atoms with van der Waals surface area (Å²) in [5.41, 5.74) is 8.92. The number of nitrogens with one attached hydrogen (secondary N) is 1. The zero-order chi connectivity index (χ0) is 27.4. The van der Waals surface area contributed by atoms with Crippen LogP contribution in [0, 0.1) is 11.8 Å². The van der Waals surface area contributed by atoms with E-state index in [9.17, 15) is 9.59 Å². The minimum atomic E-state index is -0.480. The molecular formula is C31H39N5O3. The maximum absolute atomic E-state index is 13.8. The molecule has 1 saturated carbocycles. The number of nitrogens with two attached hydrogens (primary N) is 1. The molecule has 4 aliphatic heterocycles. The van der Waals surface area contributed by atoms with E-state index in [2.05, 4.69) is 49.3 Å². The van der Waals surface area contributed by atoms with Crippen molar-refractivity contribution in [3.63, 3.8) is 0 Å². The number of guanidine groups is 1. The third kappa shape index (κ3) is 4.90. The molecule has 0 spiro atoms. The summed E-state index contributed by atoms with van der Waals surface area (Å²) in [4.78, 5) is 38.5. The molecule has 2 aromatic rings. The second kappa shape index (κ2) is 9.65. The van der Waals surface area contributed by atoms with Gasteiger partial charge in [0.2, 0.25) is 11.8 Å². The molecule has 1 aromatic heterocycles. The van der Waals surface area contributed by atoms with Crippen LogP contribution in [-0.4, -0.2) is 38.8 Å². The van der Waals surface area contributed by atoms with Gasteiger partial charge in [0.05, 0.1) is 24.0 Å². The van der Waals surface area contributed by atoms with Gasteiger partial charge in [0.1, 0.15) is 11.4 Å². The maximum Gasteiger partial charge on any atom is 0.232 e. The highest BCUT2D eigenvalue weighted by Crippen LogP contribution is 2.52. The molecule has 1 fully saturated rings. The van der Waals surface area contributed by atoms with Crippen molar-refractivity contribution in [2.24, 2.45) is 22.6 Å². The molecule has 206 valence electrons. The predicted octanol–water partition coefficient (Wildman–Crippen LogP) is 4.60. The van der Waals surface area contributed by atoms with Crippen LogP contribution in [0.25, 0.3) is 0 Å². The molecule has 8 heteroatoms. The first-order valence-electron chi connectivity index (χ1n) is 14.4. The lowest BCUT2D eigenvalue weighted by molar-refractivity contribution is -0.133. The van der Waals surface area contributed by atoms with Crippen LogP contribution in [-0.2, 0) is 16.0 Å². The molecule has 2 amide bonds. The number of rotatable bonds is 2. The average molecular weight is 530 g/mol. The van der Waals surface area contributed by atoms with E-state index in [-0.39, 0.29) is 47.3 Å². The number of nitrogens with zero attached hydrogens (tertiary/aromatic N) is 3. The Morgan fingerprint density at radius 3 is 2.79 bits per heavy atom. The molecule has 4 bridgehead atoms. The summed E-state index contributed by atoms with van der Waals surface area (Å²) in [6.07, 6.45) is 9.64. The van der Waals surface area contributed by atoms with E-state index in [4.69, 9.17) is 15.5 Å². The SMILES string of the molecule is CC[C@@]12CCCCc3ccc4c(c3)[C@H](CC(C)(C)O4)NC(=O)[C@H]3C[C@@H]3C(c3cccnc3)N(C(=O)C1)C(N)=N2. The van der Waals surface area contributed by atoms with E-state index in [1.165, 1.54) is 5.56 Å². The van der Waals surface area contributed by atoms with Crippen LogP contribution >= 0.6 is 0 Å². The summed E-state index contributed by atoms with van der Waals surface area (Å²) in [6.45, 7) is 6.23. The van der Waals surface area contributed by atoms with Gasteiger partial charge in [0.25, 0.3) is 0 Å². The van der Waals surface area contributed by atoms with E-state index >= 15 is 0 Å². The van der Waals surface area contributed by atoms with Crippen molar-refractivity contribution in [1.82, 2.24) is 15.2 Å². The highest BCUT2D eigenvalue weighted by molar-refractivity contribution is 5.99. The molecule has 0 saturated heterocycles. The predicted molar refractivity (Wildman–Crippen MR) is 149 cm³/mol. The second-order valence-corrected chi connectivity index (χ2v) is 12.4. The van der Waals surface area contributed by atoms with Gasteiger partial charge < -0.3 is 15.8 Å². The van der Waals surface area contributed by atoms with E-state index in [0.717, 1.165) is 49.0 Å². The molecule has 1 unspecified atom stereocenters. The van der Waals surface area contributed by atoms with Crippen LogP contribution in [0.4, 0.5) is 0 Å². The topological polar surface area (TPSA) is 110 Å². The van der Waals surface area contributed by atoms with Crippen LogP contribution in [0.3, 0.4) is 0 Å². The molecule has 0 radical (unpaired) electrons. The largest absolute Gasteiger partial charge is 0.487 e. The summed E-state index contributed by atoms with van der Waals surface area (Å²) in [5, 5.41) is 3.36. The van der Waals surface area contributed by atoms with Gasteiger partial charge in [0, 0.05) is 30.3 Å². The molecule has 5 aliphatic rings. The summed E-state index contributed by atoms with van der Waals surface area (Å²) in [5.74, 6) is 0.827. The lowest BCUT2D eigenvalue weighted by atomic mass is 9.84. The van der Waals surface area contributed by atoms with Gasteiger partial charge in [0.15, 0.2) is 5.96 Å². The number of hydrogen-bond acceptors (Lipinski definition) is 6. The van der Waals surface area contributed by atoms with Crippen LogP contribution in [0.15, 0.2) is 47.7 Å². The molecule has 3 N–H and O–H groups in total. The van der Waals surface area contributed by atoms with Gasteiger partial charge in [-0.2, -0.15) is 0 Å². The minimum absolute atomic E-state index is 0.0140. The van der Waals surface area contributed by atoms with Gasteiger partial charge in [-0.05, 0) is 75.1 Å². The highest BCUT2D eigenvalue weighted by Gasteiger charge is 2.54. The van der Waals surface area contributed by atoms with Crippen molar-refractivity contribution in [2.75, 3.05) is 0 Å². The minimum Gasteiger partial charge on any atom is -0.487 e. The second-order valence-electron chi connectivity index (χ2n) is 12.4. The first-order valence-corrected chi connectivity index (χ1v) is 14.4. The lowest BCUT2D eigenvalue weighted by Gasteiger charge is -2.41. The third-order valence-corrected chi connectivity index (χ3v) is 9.10. The Labute approximate surface area is 230 Å². The van der Waals surface area contributed by atoms with E-state index in [0.29, 0.717) is 19.3 Å². The number of carbonyl (C=O) groups excluding carboxylic acids is 2. The first-order chi connectivity index (χ1) is 18.7. The maximum atomic E-state index is 13.8. The van der Waals surface area contributed by atoms with E-state index in [1.54, 1.807) is 17.3 Å². The summed E-state index contributed by atoms with van der Waals surface area (Å²) < 4.78 is 6.30. The number of aryl methyl sites for hydroxylation is 1. The molecular weight excluding hydrogens is 490 g/mol. The number of hydrogen-bond donors (Lipinski definition) is 2. The Balaban J connectivity index is 1.39.